The predicted molar refractivity (Wildman–Crippen MR) is 57.7 cm³/mol. The van der Waals surface area contributed by atoms with Gasteiger partial charge in [-0.05, 0) is 33.1 Å². The highest BCUT2D eigenvalue weighted by molar-refractivity contribution is 4.42. The lowest BCUT2D eigenvalue weighted by molar-refractivity contribution is -0.906. The normalized spacial score (nSPS) is 11.1. The van der Waals surface area contributed by atoms with Crippen LogP contribution in [0.1, 0.15) is 39.5 Å². The van der Waals surface area contributed by atoms with Gasteiger partial charge in [-0.25, -0.2) is 0 Å². The van der Waals surface area contributed by atoms with Gasteiger partial charge in [0.15, 0.2) is 0 Å². The second kappa shape index (κ2) is 10.2. The monoisotopic (exact) mass is 315 g/mol. The quantitative estimate of drug-likeness (QED) is 0.347. The Morgan fingerprint density at radius 3 is 1.86 bits per heavy atom. The van der Waals surface area contributed by atoms with Crippen LogP contribution in [0.5, 0.6) is 0 Å². The van der Waals surface area contributed by atoms with Gasteiger partial charge >= 0.3 is 0 Å². The Labute approximate surface area is 106 Å². The summed E-state index contributed by atoms with van der Waals surface area (Å²) < 4.78 is 1.19. The van der Waals surface area contributed by atoms with Gasteiger partial charge in [-0.2, -0.15) is 0 Å². The summed E-state index contributed by atoms with van der Waals surface area (Å²) in [6, 6.07) is 0. The van der Waals surface area contributed by atoms with Gasteiger partial charge in [0.05, 0.1) is 26.7 Å². The molecule has 88 valence electrons. The van der Waals surface area contributed by atoms with E-state index in [0.717, 1.165) is 6.42 Å². The van der Waals surface area contributed by atoms with E-state index in [1.165, 1.54) is 43.4 Å². The van der Waals surface area contributed by atoms with Crippen molar-refractivity contribution in [1.29, 1.82) is 0 Å². The van der Waals surface area contributed by atoms with Crippen molar-refractivity contribution >= 4 is 0 Å². The highest BCUT2D eigenvalue weighted by atomic mass is 127. The molecule has 0 aromatic rings. The standard InChI is InChI=1S/C11H26NO.HI/c1-4-12(3,5-2)10-8-6-7-9-11-13;/h13H,4-11H2,1-3H3;1H/q+1;/p-1. The third kappa shape index (κ3) is 8.00. The van der Waals surface area contributed by atoms with E-state index >= 15 is 0 Å². The number of halogens is 1. The maximum Gasteiger partial charge on any atom is 0.0784 e. The predicted octanol–water partition coefficient (Wildman–Crippen LogP) is -0.970. The second-order valence-electron chi connectivity index (χ2n) is 4.11. The number of nitrogens with zero attached hydrogens (tertiary/aromatic N) is 1. The Morgan fingerprint density at radius 1 is 0.929 bits per heavy atom. The van der Waals surface area contributed by atoms with Crippen molar-refractivity contribution in [3.05, 3.63) is 0 Å². The van der Waals surface area contributed by atoms with Crippen molar-refractivity contribution in [3.8, 4) is 0 Å². The average molecular weight is 315 g/mol. The van der Waals surface area contributed by atoms with Gasteiger partial charge in [0.25, 0.3) is 0 Å². The summed E-state index contributed by atoms with van der Waals surface area (Å²) in [7, 11) is 2.33. The van der Waals surface area contributed by atoms with Gasteiger partial charge in [0.1, 0.15) is 0 Å². The first kappa shape index (κ1) is 17.1. The zero-order valence-corrected chi connectivity index (χ0v) is 12.1. The molecule has 0 aliphatic carbocycles. The van der Waals surface area contributed by atoms with Crippen LogP contribution in [0.3, 0.4) is 0 Å². The molecule has 2 nitrogen and oxygen atoms in total. The summed E-state index contributed by atoms with van der Waals surface area (Å²) in [5.41, 5.74) is 0. The Morgan fingerprint density at radius 2 is 1.43 bits per heavy atom. The molecule has 0 saturated carbocycles. The lowest BCUT2D eigenvalue weighted by atomic mass is 10.2. The fourth-order valence-electron chi connectivity index (χ4n) is 1.50. The van der Waals surface area contributed by atoms with Crippen LogP contribution >= 0.6 is 0 Å². The molecule has 0 spiro atoms. The molecular weight excluding hydrogens is 289 g/mol. The van der Waals surface area contributed by atoms with Crippen molar-refractivity contribution in [2.24, 2.45) is 0 Å². The molecule has 0 aromatic carbocycles. The molecule has 0 rings (SSSR count). The molecular formula is C11H26INO. The Balaban J connectivity index is 0. The molecule has 0 saturated heterocycles. The zero-order chi connectivity index (χ0) is 10.2. The van der Waals surface area contributed by atoms with E-state index in [1.54, 1.807) is 0 Å². The number of aliphatic hydroxyl groups is 1. The molecule has 0 fully saturated rings. The van der Waals surface area contributed by atoms with Crippen LogP contribution in [0.4, 0.5) is 0 Å². The summed E-state index contributed by atoms with van der Waals surface area (Å²) in [4.78, 5) is 0. The summed E-state index contributed by atoms with van der Waals surface area (Å²) in [5, 5.41) is 8.61. The molecule has 0 radical (unpaired) electrons. The summed E-state index contributed by atoms with van der Waals surface area (Å²) in [5.74, 6) is 0. The smallest absolute Gasteiger partial charge is 0.0784 e. The Bertz CT molecular complexity index is 116. The van der Waals surface area contributed by atoms with Crippen molar-refractivity contribution in [2.45, 2.75) is 39.5 Å². The van der Waals surface area contributed by atoms with Gasteiger partial charge in [0, 0.05) is 6.61 Å². The van der Waals surface area contributed by atoms with E-state index < -0.39 is 0 Å². The topological polar surface area (TPSA) is 20.2 Å². The van der Waals surface area contributed by atoms with Crippen LogP contribution in [0.15, 0.2) is 0 Å². The van der Waals surface area contributed by atoms with Gasteiger partial charge in [-0.1, -0.05) is 6.42 Å². The average Bonchev–Trinajstić information content (AvgIpc) is 2.17. The van der Waals surface area contributed by atoms with E-state index in [2.05, 4.69) is 20.9 Å². The summed E-state index contributed by atoms with van der Waals surface area (Å²) >= 11 is 0. The van der Waals surface area contributed by atoms with Crippen LogP contribution in [-0.2, 0) is 0 Å². The van der Waals surface area contributed by atoms with E-state index in [9.17, 15) is 0 Å². The van der Waals surface area contributed by atoms with Crippen LogP contribution in [0.2, 0.25) is 0 Å². The molecule has 0 bridgehead atoms. The van der Waals surface area contributed by atoms with Gasteiger partial charge in [-0.3, -0.25) is 0 Å². The second-order valence-corrected chi connectivity index (χ2v) is 4.11. The number of aliphatic hydroxyl groups excluding tert-OH is 1. The molecule has 0 amide bonds. The number of rotatable bonds is 8. The Hall–Kier alpha value is 0.650. The molecule has 0 atom stereocenters. The van der Waals surface area contributed by atoms with Crippen LogP contribution < -0.4 is 24.0 Å². The molecule has 3 heteroatoms. The lowest BCUT2D eigenvalue weighted by Gasteiger charge is -2.32. The number of unbranched alkanes of at least 4 members (excludes halogenated alkanes) is 3. The number of hydrogen-bond donors (Lipinski definition) is 1. The number of quaternary nitrogens is 1. The molecule has 14 heavy (non-hydrogen) atoms. The first-order chi connectivity index (χ1) is 6.18. The minimum absolute atomic E-state index is 0. The minimum atomic E-state index is 0. The van der Waals surface area contributed by atoms with E-state index in [1.807, 2.05) is 0 Å². The molecule has 0 heterocycles. The van der Waals surface area contributed by atoms with Gasteiger partial charge in [-0.15, -0.1) is 0 Å². The van der Waals surface area contributed by atoms with Crippen LogP contribution in [-0.4, -0.2) is 42.9 Å². The number of hydrogen-bond acceptors (Lipinski definition) is 1. The Kier molecular flexibility index (Phi) is 12.4. The van der Waals surface area contributed by atoms with Crippen molar-refractivity contribution in [3.63, 3.8) is 0 Å². The molecule has 1 N–H and O–H groups in total. The maximum atomic E-state index is 8.61. The molecule has 0 unspecified atom stereocenters. The van der Waals surface area contributed by atoms with Gasteiger partial charge in [0.2, 0.25) is 0 Å². The van der Waals surface area contributed by atoms with Crippen molar-refractivity contribution in [1.82, 2.24) is 0 Å². The van der Waals surface area contributed by atoms with Crippen molar-refractivity contribution < 1.29 is 33.6 Å². The summed E-state index contributed by atoms with van der Waals surface area (Å²) in [6.45, 7) is 8.63. The summed E-state index contributed by atoms with van der Waals surface area (Å²) in [6.07, 6.45) is 4.73. The van der Waals surface area contributed by atoms with E-state index in [-0.39, 0.29) is 24.0 Å². The first-order valence-corrected chi connectivity index (χ1v) is 5.63. The molecule has 0 aliphatic rings. The highest BCUT2D eigenvalue weighted by Crippen LogP contribution is 2.07. The zero-order valence-electron chi connectivity index (χ0n) is 9.93. The third-order valence-corrected chi connectivity index (χ3v) is 3.13. The minimum Gasteiger partial charge on any atom is -1.00 e. The lowest BCUT2D eigenvalue weighted by Crippen LogP contribution is -3.00. The molecule has 0 aromatic heterocycles. The fraction of sp³-hybridized carbons (Fsp3) is 1.00. The maximum absolute atomic E-state index is 8.61. The van der Waals surface area contributed by atoms with E-state index in [0.29, 0.717) is 6.61 Å². The van der Waals surface area contributed by atoms with Crippen LogP contribution in [0, 0.1) is 0 Å². The van der Waals surface area contributed by atoms with Crippen LogP contribution in [0.25, 0.3) is 0 Å². The van der Waals surface area contributed by atoms with Crippen molar-refractivity contribution in [2.75, 3.05) is 33.3 Å². The largest absolute Gasteiger partial charge is 1.00 e. The third-order valence-electron chi connectivity index (χ3n) is 3.13. The SMILES string of the molecule is CC[N+](C)(CC)CCCCCCO.[I-]. The van der Waals surface area contributed by atoms with Gasteiger partial charge < -0.3 is 33.6 Å². The first-order valence-electron chi connectivity index (χ1n) is 5.63. The fourth-order valence-corrected chi connectivity index (χ4v) is 1.50. The highest BCUT2D eigenvalue weighted by Gasteiger charge is 2.14. The van der Waals surface area contributed by atoms with E-state index in [4.69, 9.17) is 5.11 Å². The molecule has 0 aliphatic heterocycles.